The number of hydrogen-bond acceptors (Lipinski definition) is 5. The number of halogens is 2. The van der Waals surface area contributed by atoms with Gasteiger partial charge in [0, 0.05) is 10.6 Å². The Hall–Kier alpha value is -2.37. The van der Waals surface area contributed by atoms with E-state index in [0.717, 1.165) is 11.1 Å². The molecule has 0 saturated heterocycles. The molecule has 122 valence electrons. The van der Waals surface area contributed by atoms with Gasteiger partial charge in [0.05, 0.1) is 10.6 Å². The molecule has 0 unspecified atom stereocenters. The number of rotatable bonds is 4. The molecule has 5 nitrogen and oxygen atoms in total. The Balaban J connectivity index is 1.69. The van der Waals surface area contributed by atoms with E-state index in [-0.39, 0.29) is 23.1 Å². The maximum Gasteiger partial charge on any atom is 0.340 e. The summed E-state index contributed by atoms with van der Waals surface area (Å²) in [5.41, 5.74) is 2.06. The van der Waals surface area contributed by atoms with Crippen LogP contribution >= 0.6 is 23.2 Å². The topological polar surface area (TPSA) is 65.2 Å². The molecule has 0 aliphatic rings. The zero-order chi connectivity index (χ0) is 17.1. The average Bonchev–Trinajstić information content (AvgIpc) is 3.04. The average molecular weight is 363 g/mol. The highest BCUT2D eigenvalue weighted by Gasteiger charge is 2.15. The van der Waals surface area contributed by atoms with Gasteiger partial charge < -0.3 is 9.15 Å². The highest BCUT2D eigenvalue weighted by molar-refractivity contribution is 6.35. The van der Waals surface area contributed by atoms with Gasteiger partial charge in [-0.15, -0.1) is 10.2 Å². The maximum atomic E-state index is 12.1. The summed E-state index contributed by atoms with van der Waals surface area (Å²) in [6, 6.07) is 12.2. The molecule has 3 rings (SSSR count). The predicted molar refractivity (Wildman–Crippen MR) is 90.1 cm³/mol. The molecule has 2 aromatic carbocycles. The van der Waals surface area contributed by atoms with Crippen molar-refractivity contribution in [3.63, 3.8) is 0 Å². The van der Waals surface area contributed by atoms with Crippen molar-refractivity contribution >= 4 is 29.2 Å². The van der Waals surface area contributed by atoms with Gasteiger partial charge in [-0.25, -0.2) is 4.79 Å². The van der Waals surface area contributed by atoms with Crippen molar-refractivity contribution in [1.82, 2.24) is 10.2 Å². The van der Waals surface area contributed by atoms with Crippen molar-refractivity contribution in [2.24, 2.45) is 0 Å². The standard InChI is InChI=1S/C17H12Cl2N2O3/c1-10-3-2-4-11(7-10)16-21-20-15(24-16)9-23-17(22)13-8-12(18)5-6-14(13)19/h2-8H,9H2,1H3. The Morgan fingerprint density at radius 2 is 2.00 bits per heavy atom. The van der Waals surface area contributed by atoms with Gasteiger partial charge in [-0.2, -0.15) is 0 Å². The van der Waals surface area contributed by atoms with E-state index in [1.165, 1.54) is 12.1 Å². The zero-order valence-corrected chi connectivity index (χ0v) is 14.1. The van der Waals surface area contributed by atoms with Gasteiger partial charge in [-0.1, -0.05) is 40.9 Å². The molecule has 0 amide bonds. The minimum Gasteiger partial charge on any atom is -0.452 e. The molecule has 0 N–H and O–H groups in total. The molecule has 24 heavy (non-hydrogen) atoms. The van der Waals surface area contributed by atoms with Crippen molar-refractivity contribution < 1.29 is 13.9 Å². The van der Waals surface area contributed by atoms with Gasteiger partial charge in [0.15, 0.2) is 6.61 Å². The fourth-order valence-electron chi connectivity index (χ4n) is 2.07. The summed E-state index contributed by atoms with van der Waals surface area (Å²) in [7, 11) is 0. The normalized spacial score (nSPS) is 10.6. The van der Waals surface area contributed by atoms with Crippen molar-refractivity contribution in [3.05, 3.63) is 69.5 Å². The summed E-state index contributed by atoms with van der Waals surface area (Å²) in [6.45, 7) is 1.82. The van der Waals surface area contributed by atoms with Crippen molar-refractivity contribution in [2.75, 3.05) is 0 Å². The van der Waals surface area contributed by atoms with Crippen LogP contribution in [0.2, 0.25) is 10.0 Å². The lowest BCUT2D eigenvalue weighted by Crippen LogP contribution is -2.06. The third kappa shape index (κ3) is 3.75. The summed E-state index contributed by atoms with van der Waals surface area (Å²) in [5, 5.41) is 8.48. The van der Waals surface area contributed by atoms with Crippen LogP contribution in [0.5, 0.6) is 0 Å². The minimum absolute atomic E-state index is 0.152. The first-order valence-corrected chi connectivity index (χ1v) is 7.80. The summed E-state index contributed by atoms with van der Waals surface area (Å²) in [5.74, 6) is -0.0543. The molecular formula is C17H12Cl2N2O3. The summed E-state index contributed by atoms with van der Waals surface area (Å²) in [6.07, 6.45) is 0. The summed E-state index contributed by atoms with van der Waals surface area (Å²) < 4.78 is 10.7. The quantitative estimate of drug-likeness (QED) is 0.628. The molecule has 0 aliphatic carbocycles. The van der Waals surface area contributed by atoms with E-state index in [1.807, 2.05) is 31.2 Å². The molecule has 3 aromatic rings. The van der Waals surface area contributed by atoms with Crippen LogP contribution < -0.4 is 0 Å². The molecule has 7 heteroatoms. The minimum atomic E-state index is -0.613. The van der Waals surface area contributed by atoms with Gasteiger partial charge in [-0.3, -0.25) is 0 Å². The van der Waals surface area contributed by atoms with Crippen molar-refractivity contribution in [3.8, 4) is 11.5 Å². The predicted octanol–water partition coefficient (Wildman–Crippen LogP) is 4.71. The summed E-state index contributed by atoms with van der Waals surface area (Å²) in [4.78, 5) is 12.1. The SMILES string of the molecule is Cc1cccc(-c2nnc(COC(=O)c3cc(Cl)ccc3Cl)o2)c1. The molecule has 1 aromatic heterocycles. The van der Waals surface area contributed by atoms with Crippen LogP contribution in [0.25, 0.3) is 11.5 Å². The number of aryl methyl sites for hydroxylation is 1. The first-order chi connectivity index (χ1) is 11.5. The fraction of sp³-hybridized carbons (Fsp3) is 0.118. The number of benzene rings is 2. The number of esters is 1. The third-order valence-corrected chi connectivity index (χ3v) is 3.77. The van der Waals surface area contributed by atoms with E-state index < -0.39 is 5.97 Å². The maximum absolute atomic E-state index is 12.1. The van der Waals surface area contributed by atoms with Gasteiger partial charge >= 0.3 is 5.97 Å². The van der Waals surface area contributed by atoms with E-state index in [4.69, 9.17) is 32.4 Å². The van der Waals surface area contributed by atoms with E-state index >= 15 is 0 Å². The zero-order valence-electron chi connectivity index (χ0n) is 12.6. The van der Waals surface area contributed by atoms with Gasteiger partial charge in [0.1, 0.15) is 0 Å². The molecule has 0 bridgehead atoms. The number of carbonyl (C=O) groups excluding carboxylic acids is 1. The number of aromatic nitrogens is 2. The second kappa shape index (κ2) is 7.03. The van der Waals surface area contributed by atoms with Crippen molar-refractivity contribution in [1.29, 1.82) is 0 Å². The number of ether oxygens (including phenoxy) is 1. The summed E-state index contributed by atoms with van der Waals surface area (Å²) >= 11 is 11.8. The molecule has 0 radical (unpaired) electrons. The number of nitrogens with zero attached hydrogens (tertiary/aromatic N) is 2. The van der Waals surface area contributed by atoms with Gasteiger partial charge in [-0.05, 0) is 37.3 Å². The van der Waals surface area contributed by atoms with Crippen LogP contribution in [-0.2, 0) is 11.3 Å². The fourth-order valence-corrected chi connectivity index (χ4v) is 2.43. The molecule has 0 saturated carbocycles. The second-order valence-corrected chi connectivity index (χ2v) is 5.91. The molecule has 0 atom stereocenters. The Morgan fingerprint density at radius 3 is 2.79 bits per heavy atom. The van der Waals surface area contributed by atoms with Crippen LogP contribution in [0.4, 0.5) is 0 Å². The molecule has 1 heterocycles. The van der Waals surface area contributed by atoms with Crippen LogP contribution in [-0.4, -0.2) is 16.2 Å². The number of hydrogen-bond donors (Lipinski definition) is 0. The molecule has 0 spiro atoms. The Kier molecular flexibility index (Phi) is 4.83. The van der Waals surface area contributed by atoms with E-state index in [2.05, 4.69) is 10.2 Å². The Bertz CT molecular complexity index is 893. The first-order valence-electron chi connectivity index (χ1n) is 7.04. The molecular weight excluding hydrogens is 351 g/mol. The van der Waals surface area contributed by atoms with E-state index in [0.29, 0.717) is 10.9 Å². The van der Waals surface area contributed by atoms with E-state index in [9.17, 15) is 4.79 Å². The Labute approximate surface area is 148 Å². The highest BCUT2D eigenvalue weighted by Crippen LogP contribution is 2.22. The van der Waals surface area contributed by atoms with Crippen molar-refractivity contribution in [2.45, 2.75) is 13.5 Å². The largest absolute Gasteiger partial charge is 0.452 e. The van der Waals surface area contributed by atoms with Crippen LogP contribution in [0.1, 0.15) is 21.8 Å². The second-order valence-electron chi connectivity index (χ2n) is 5.07. The van der Waals surface area contributed by atoms with Crippen LogP contribution in [0, 0.1) is 6.92 Å². The monoisotopic (exact) mass is 362 g/mol. The van der Waals surface area contributed by atoms with Gasteiger partial charge in [0.2, 0.25) is 5.89 Å². The lowest BCUT2D eigenvalue weighted by molar-refractivity contribution is 0.0439. The first kappa shape index (κ1) is 16.5. The smallest absolute Gasteiger partial charge is 0.340 e. The highest BCUT2D eigenvalue weighted by atomic mass is 35.5. The van der Waals surface area contributed by atoms with Crippen LogP contribution in [0.15, 0.2) is 46.9 Å². The van der Waals surface area contributed by atoms with Gasteiger partial charge in [0.25, 0.3) is 5.89 Å². The van der Waals surface area contributed by atoms with Crippen LogP contribution in [0.3, 0.4) is 0 Å². The number of carbonyl (C=O) groups is 1. The Morgan fingerprint density at radius 1 is 1.17 bits per heavy atom. The van der Waals surface area contributed by atoms with E-state index in [1.54, 1.807) is 6.07 Å². The lowest BCUT2D eigenvalue weighted by Gasteiger charge is -2.04. The third-order valence-electron chi connectivity index (χ3n) is 3.21. The lowest BCUT2D eigenvalue weighted by atomic mass is 10.1. The molecule has 0 aliphatic heterocycles. The molecule has 0 fully saturated rings.